The minimum Gasteiger partial charge on any atom is -0.390 e. The Labute approximate surface area is 256 Å². The number of hydrogen-bond donors (Lipinski definition) is 3. The molecule has 0 radical (unpaired) electrons. The third-order valence-corrected chi connectivity index (χ3v) is 7.95. The molecule has 2 atom stereocenters. The number of nitrogens with one attached hydrogen (secondary N) is 2. The number of rotatable bonds is 14. The molecule has 0 bridgehead atoms. The standard InChI is InChI=1S/C37H45N3O3/c1-5-21-40(22-6-2)36(43)31-18-12-17-30(24-31)35(42)39-33(23-27-13-8-7-9-14-27)34(41)26-38-37(3,4)32-20-19-28-15-10-11-16-29(28)25-32/h7-20,24-25,33-34,38,41H,5-6,21-23,26H2,1-4H3,(H,39,42)/t33-,34+/m0/s1. The molecule has 0 aliphatic carbocycles. The van der Waals surface area contributed by atoms with Crippen molar-refractivity contribution in [3.05, 3.63) is 119 Å². The van der Waals surface area contributed by atoms with Crippen LogP contribution < -0.4 is 10.6 Å². The molecule has 0 aromatic heterocycles. The van der Waals surface area contributed by atoms with Crippen molar-refractivity contribution in [3.63, 3.8) is 0 Å². The van der Waals surface area contributed by atoms with Crippen LogP contribution >= 0.6 is 0 Å². The summed E-state index contributed by atoms with van der Waals surface area (Å²) in [6.07, 6.45) is 1.34. The Morgan fingerprint density at radius 2 is 1.44 bits per heavy atom. The summed E-state index contributed by atoms with van der Waals surface area (Å²) in [5.41, 5.74) is 2.61. The van der Waals surface area contributed by atoms with Gasteiger partial charge in [0, 0.05) is 36.3 Å². The van der Waals surface area contributed by atoms with Crippen LogP contribution in [0, 0.1) is 0 Å². The molecule has 0 fully saturated rings. The number of carbonyl (C=O) groups is 2. The molecule has 4 rings (SSSR count). The van der Waals surface area contributed by atoms with Crippen LogP contribution in [0.5, 0.6) is 0 Å². The smallest absolute Gasteiger partial charge is 0.253 e. The summed E-state index contributed by atoms with van der Waals surface area (Å²) in [4.78, 5) is 28.5. The molecule has 4 aromatic rings. The number of fused-ring (bicyclic) bond motifs is 1. The van der Waals surface area contributed by atoms with Gasteiger partial charge in [-0.05, 0) is 79.3 Å². The van der Waals surface area contributed by atoms with E-state index in [1.807, 2.05) is 47.4 Å². The monoisotopic (exact) mass is 579 g/mol. The molecule has 2 amide bonds. The first kappa shape index (κ1) is 31.9. The van der Waals surface area contributed by atoms with Crippen LogP contribution in [0.1, 0.15) is 72.4 Å². The molecule has 0 unspecified atom stereocenters. The predicted octanol–water partition coefficient (Wildman–Crippen LogP) is 6.33. The highest BCUT2D eigenvalue weighted by Gasteiger charge is 2.27. The summed E-state index contributed by atoms with van der Waals surface area (Å²) < 4.78 is 0. The van der Waals surface area contributed by atoms with Gasteiger partial charge in [0.1, 0.15) is 0 Å². The molecule has 0 saturated heterocycles. The van der Waals surface area contributed by atoms with E-state index < -0.39 is 17.7 Å². The SMILES string of the molecule is CCCN(CCC)C(=O)c1cccc(C(=O)N[C@@H](Cc2ccccc2)[C@H](O)CNC(C)(C)c2ccc3ccccc3c2)c1. The second-order valence-electron chi connectivity index (χ2n) is 11.8. The van der Waals surface area contributed by atoms with E-state index >= 15 is 0 Å². The maximum Gasteiger partial charge on any atom is 0.253 e. The number of carbonyl (C=O) groups excluding carboxylic acids is 2. The number of benzene rings is 4. The van der Waals surface area contributed by atoms with Crippen LogP contribution in [0.25, 0.3) is 10.8 Å². The van der Waals surface area contributed by atoms with Crippen LogP contribution in [0.2, 0.25) is 0 Å². The molecule has 0 saturated carbocycles. The molecule has 43 heavy (non-hydrogen) atoms. The van der Waals surface area contributed by atoms with Crippen molar-refractivity contribution in [3.8, 4) is 0 Å². The molecule has 6 nitrogen and oxygen atoms in total. The van der Waals surface area contributed by atoms with Gasteiger partial charge in [0.05, 0.1) is 12.1 Å². The van der Waals surface area contributed by atoms with E-state index in [2.05, 4.69) is 68.7 Å². The number of nitrogens with zero attached hydrogens (tertiary/aromatic N) is 1. The normalized spacial score (nSPS) is 13.0. The zero-order valence-corrected chi connectivity index (χ0v) is 25.8. The Kier molecular flexibility index (Phi) is 11.1. The van der Waals surface area contributed by atoms with Crippen LogP contribution in [0.3, 0.4) is 0 Å². The summed E-state index contributed by atoms with van der Waals surface area (Å²) in [7, 11) is 0. The van der Waals surface area contributed by atoms with Gasteiger partial charge >= 0.3 is 0 Å². The summed E-state index contributed by atoms with van der Waals surface area (Å²) in [6, 6.07) is 30.8. The highest BCUT2D eigenvalue weighted by Crippen LogP contribution is 2.25. The molecule has 0 aliphatic heterocycles. The van der Waals surface area contributed by atoms with Gasteiger partial charge in [-0.15, -0.1) is 0 Å². The summed E-state index contributed by atoms with van der Waals surface area (Å²) in [5, 5.41) is 20.4. The maximum absolute atomic E-state index is 13.5. The lowest BCUT2D eigenvalue weighted by atomic mass is 9.91. The van der Waals surface area contributed by atoms with Gasteiger partial charge in [0.15, 0.2) is 0 Å². The van der Waals surface area contributed by atoms with E-state index in [0.29, 0.717) is 30.6 Å². The first-order valence-electron chi connectivity index (χ1n) is 15.4. The van der Waals surface area contributed by atoms with Crippen LogP contribution in [0.4, 0.5) is 0 Å². The number of amides is 2. The van der Waals surface area contributed by atoms with Crippen molar-refractivity contribution in [2.24, 2.45) is 0 Å². The largest absolute Gasteiger partial charge is 0.390 e. The lowest BCUT2D eigenvalue weighted by Crippen LogP contribution is -2.51. The van der Waals surface area contributed by atoms with E-state index in [1.54, 1.807) is 24.3 Å². The fourth-order valence-electron chi connectivity index (χ4n) is 5.42. The van der Waals surface area contributed by atoms with E-state index in [-0.39, 0.29) is 18.4 Å². The van der Waals surface area contributed by atoms with Gasteiger partial charge in [-0.3, -0.25) is 9.59 Å². The van der Waals surface area contributed by atoms with E-state index in [4.69, 9.17) is 0 Å². The van der Waals surface area contributed by atoms with Crippen LogP contribution in [0.15, 0.2) is 97.1 Å². The Morgan fingerprint density at radius 1 is 0.791 bits per heavy atom. The summed E-state index contributed by atoms with van der Waals surface area (Å²) in [6.45, 7) is 9.92. The minimum absolute atomic E-state index is 0.0701. The Balaban J connectivity index is 1.50. The van der Waals surface area contributed by atoms with Crippen molar-refractivity contribution >= 4 is 22.6 Å². The van der Waals surface area contributed by atoms with Gasteiger partial charge < -0.3 is 20.6 Å². The fraction of sp³-hybridized carbons (Fsp3) is 0.351. The lowest BCUT2D eigenvalue weighted by molar-refractivity contribution is 0.0755. The topological polar surface area (TPSA) is 81.7 Å². The third kappa shape index (κ3) is 8.53. The summed E-state index contributed by atoms with van der Waals surface area (Å²) >= 11 is 0. The zero-order chi connectivity index (χ0) is 30.8. The number of aliphatic hydroxyl groups is 1. The molecule has 0 aliphatic rings. The Hall–Kier alpha value is -4.00. The maximum atomic E-state index is 13.5. The quantitative estimate of drug-likeness (QED) is 0.163. The van der Waals surface area contributed by atoms with Gasteiger partial charge in [0.2, 0.25) is 0 Å². The highest BCUT2D eigenvalue weighted by atomic mass is 16.3. The average molecular weight is 580 g/mol. The molecule has 6 heteroatoms. The fourth-order valence-corrected chi connectivity index (χ4v) is 5.42. The molecule has 0 spiro atoms. The average Bonchev–Trinajstić information content (AvgIpc) is 3.03. The van der Waals surface area contributed by atoms with Gasteiger partial charge in [0.25, 0.3) is 11.8 Å². The Morgan fingerprint density at radius 3 is 2.14 bits per heavy atom. The van der Waals surface area contributed by atoms with Crippen molar-refractivity contribution in [2.75, 3.05) is 19.6 Å². The third-order valence-electron chi connectivity index (χ3n) is 7.95. The second kappa shape index (κ2) is 14.9. The van der Waals surface area contributed by atoms with Gasteiger partial charge in [-0.25, -0.2) is 0 Å². The van der Waals surface area contributed by atoms with Crippen molar-refractivity contribution in [1.29, 1.82) is 0 Å². The first-order chi connectivity index (χ1) is 20.7. The van der Waals surface area contributed by atoms with E-state index in [1.165, 1.54) is 5.39 Å². The number of hydrogen-bond acceptors (Lipinski definition) is 4. The number of aliphatic hydroxyl groups excluding tert-OH is 1. The lowest BCUT2D eigenvalue weighted by Gasteiger charge is -2.31. The molecule has 3 N–H and O–H groups in total. The van der Waals surface area contributed by atoms with Crippen molar-refractivity contribution < 1.29 is 14.7 Å². The molecule has 226 valence electrons. The predicted molar refractivity (Wildman–Crippen MR) is 175 cm³/mol. The van der Waals surface area contributed by atoms with E-state index in [9.17, 15) is 14.7 Å². The van der Waals surface area contributed by atoms with Crippen LogP contribution in [-0.4, -0.2) is 53.6 Å². The van der Waals surface area contributed by atoms with Gasteiger partial charge in [-0.2, -0.15) is 0 Å². The highest BCUT2D eigenvalue weighted by molar-refractivity contribution is 5.99. The summed E-state index contributed by atoms with van der Waals surface area (Å²) in [5.74, 6) is -0.389. The van der Waals surface area contributed by atoms with Crippen molar-refractivity contribution in [1.82, 2.24) is 15.5 Å². The van der Waals surface area contributed by atoms with Gasteiger partial charge in [-0.1, -0.05) is 86.6 Å². The minimum atomic E-state index is -0.863. The zero-order valence-electron chi connectivity index (χ0n) is 25.8. The van der Waals surface area contributed by atoms with Crippen LogP contribution in [-0.2, 0) is 12.0 Å². The molecular formula is C37H45N3O3. The van der Waals surface area contributed by atoms with Crippen molar-refractivity contribution in [2.45, 2.75) is 64.6 Å². The first-order valence-corrected chi connectivity index (χ1v) is 15.4. The molecule has 0 heterocycles. The molecular weight excluding hydrogens is 534 g/mol. The molecule has 4 aromatic carbocycles. The van der Waals surface area contributed by atoms with E-state index in [0.717, 1.165) is 29.4 Å². The second-order valence-corrected chi connectivity index (χ2v) is 11.8. The Bertz CT molecular complexity index is 1500.